The van der Waals surface area contributed by atoms with E-state index in [-0.39, 0.29) is 5.54 Å². The minimum Gasteiger partial charge on any atom is -0.379 e. The lowest BCUT2D eigenvalue weighted by Gasteiger charge is -2.28. The zero-order valence-corrected chi connectivity index (χ0v) is 13.2. The number of anilines is 1. The molecule has 0 radical (unpaired) electrons. The molecule has 0 bridgehead atoms. The lowest BCUT2D eigenvalue weighted by atomic mass is 9.98. The predicted molar refractivity (Wildman–Crippen MR) is 79.9 cm³/mol. The second-order valence-corrected chi connectivity index (χ2v) is 7.66. The lowest BCUT2D eigenvalue weighted by molar-refractivity contribution is 0.506. The molecular weight excluding hydrogens is 260 g/mol. The Hall–Kier alpha value is -1.07. The molecule has 4 nitrogen and oxygen atoms in total. The van der Waals surface area contributed by atoms with Crippen LogP contribution in [-0.4, -0.2) is 32.4 Å². The molecule has 0 spiro atoms. The molecule has 0 heterocycles. The molecule has 0 unspecified atom stereocenters. The van der Waals surface area contributed by atoms with Crippen LogP contribution in [0.3, 0.4) is 0 Å². The highest BCUT2D eigenvalue weighted by atomic mass is 32.2. The average Bonchev–Trinajstić information content (AvgIpc) is 2.28. The van der Waals surface area contributed by atoms with Gasteiger partial charge >= 0.3 is 0 Å². The van der Waals surface area contributed by atoms with Crippen LogP contribution in [0.1, 0.15) is 33.6 Å². The molecule has 0 fully saturated rings. The van der Waals surface area contributed by atoms with Crippen molar-refractivity contribution in [2.75, 3.05) is 19.4 Å². The third-order valence-electron chi connectivity index (χ3n) is 2.99. The number of benzene rings is 1. The molecule has 0 amide bonds. The summed E-state index contributed by atoms with van der Waals surface area (Å²) in [7, 11) is -0.334. The average molecular weight is 284 g/mol. The van der Waals surface area contributed by atoms with Crippen LogP contribution >= 0.6 is 0 Å². The van der Waals surface area contributed by atoms with Gasteiger partial charge in [-0.2, -0.15) is 0 Å². The highest BCUT2D eigenvalue weighted by Gasteiger charge is 2.24. The molecule has 1 aromatic carbocycles. The minimum absolute atomic E-state index is 0.132. The maximum absolute atomic E-state index is 12.3. The fraction of sp³-hybridized carbons (Fsp3) is 0.571. The largest absolute Gasteiger partial charge is 0.379 e. The Labute approximate surface area is 116 Å². The molecule has 0 aliphatic rings. The Morgan fingerprint density at radius 2 is 1.79 bits per heavy atom. The third-order valence-corrected chi connectivity index (χ3v) is 4.87. The molecule has 0 aromatic heterocycles. The Balaban J connectivity index is 3.18. The van der Waals surface area contributed by atoms with E-state index in [1.54, 1.807) is 26.2 Å². The molecule has 0 saturated heterocycles. The first-order valence-electron chi connectivity index (χ1n) is 6.50. The van der Waals surface area contributed by atoms with E-state index in [1.165, 1.54) is 4.31 Å². The van der Waals surface area contributed by atoms with Crippen LogP contribution in [0.15, 0.2) is 29.2 Å². The van der Waals surface area contributed by atoms with E-state index < -0.39 is 10.0 Å². The maximum atomic E-state index is 12.3. The molecule has 0 aliphatic heterocycles. The first-order chi connectivity index (χ1) is 8.70. The van der Waals surface area contributed by atoms with Crippen molar-refractivity contribution in [3.8, 4) is 0 Å². The van der Waals surface area contributed by atoms with Gasteiger partial charge < -0.3 is 5.32 Å². The van der Waals surface area contributed by atoms with Crippen LogP contribution in [0.2, 0.25) is 0 Å². The number of rotatable bonds is 6. The van der Waals surface area contributed by atoms with E-state index in [4.69, 9.17) is 0 Å². The van der Waals surface area contributed by atoms with Crippen molar-refractivity contribution in [2.45, 2.75) is 44.0 Å². The molecule has 5 heteroatoms. The second kappa shape index (κ2) is 5.92. The Morgan fingerprint density at radius 1 is 1.21 bits per heavy atom. The van der Waals surface area contributed by atoms with Gasteiger partial charge in [-0.1, -0.05) is 25.5 Å². The summed E-state index contributed by atoms with van der Waals surface area (Å²) in [5.74, 6) is 0. The van der Waals surface area contributed by atoms with Gasteiger partial charge in [0.2, 0.25) is 10.0 Å². The fourth-order valence-corrected chi connectivity index (χ4v) is 3.08. The van der Waals surface area contributed by atoms with Gasteiger partial charge in [0.25, 0.3) is 0 Å². The Bertz CT molecular complexity index is 522. The first-order valence-corrected chi connectivity index (χ1v) is 7.94. The molecule has 0 saturated carbocycles. The van der Waals surface area contributed by atoms with Crippen molar-refractivity contribution in [1.82, 2.24) is 4.31 Å². The highest BCUT2D eigenvalue weighted by molar-refractivity contribution is 7.89. The summed E-state index contributed by atoms with van der Waals surface area (Å²) in [5.41, 5.74) is 0.529. The number of hydrogen-bond donors (Lipinski definition) is 1. The smallest absolute Gasteiger partial charge is 0.244 e. The first kappa shape index (κ1) is 16.0. The molecule has 19 heavy (non-hydrogen) atoms. The van der Waals surface area contributed by atoms with Gasteiger partial charge in [-0.25, -0.2) is 12.7 Å². The van der Waals surface area contributed by atoms with Gasteiger partial charge in [0, 0.05) is 19.6 Å². The van der Waals surface area contributed by atoms with Gasteiger partial charge in [-0.15, -0.1) is 0 Å². The number of sulfonamides is 1. The summed E-state index contributed by atoms with van der Waals surface area (Å²) in [6.07, 6.45) is 2.02. The summed E-state index contributed by atoms with van der Waals surface area (Å²) >= 11 is 0. The molecule has 0 atom stereocenters. The monoisotopic (exact) mass is 284 g/mol. The van der Waals surface area contributed by atoms with E-state index in [0.29, 0.717) is 10.6 Å². The van der Waals surface area contributed by atoms with E-state index in [9.17, 15) is 8.42 Å². The van der Waals surface area contributed by atoms with Gasteiger partial charge in [0.05, 0.1) is 5.69 Å². The summed E-state index contributed by atoms with van der Waals surface area (Å²) in [6.45, 7) is 6.27. The van der Waals surface area contributed by atoms with Crippen LogP contribution in [0, 0.1) is 0 Å². The normalized spacial score (nSPS) is 12.7. The van der Waals surface area contributed by atoms with Gasteiger partial charge in [0.15, 0.2) is 0 Å². The van der Waals surface area contributed by atoms with Crippen molar-refractivity contribution >= 4 is 15.7 Å². The van der Waals surface area contributed by atoms with Crippen LogP contribution in [-0.2, 0) is 10.0 Å². The zero-order valence-electron chi connectivity index (χ0n) is 12.4. The number of hydrogen-bond acceptors (Lipinski definition) is 3. The summed E-state index contributed by atoms with van der Waals surface area (Å²) in [4.78, 5) is 0.323. The number of nitrogens with one attached hydrogen (secondary N) is 1. The highest BCUT2D eigenvalue weighted by Crippen LogP contribution is 2.27. The summed E-state index contributed by atoms with van der Waals surface area (Å²) < 4.78 is 25.8. The van der Waals surface area contributed by atoms with Crippen LogP contribution in [0.5, 0.6) is 0 Å². The van der Waals surface area contributed by atoms with E-state index in [2.05, 4.69) is 26.1 Å². The van der Waals surface area contributed by atoms with Crippen molar-refractivity contribution in [1.29, 1.82) is 0 Å². The van der Waals surface area contributed by atoms with E-state index in [0.717, 1.165) is 12.8 Å². The molecule has 1 rings (SSSR count). The van der Waals surface area contributed by atoms with Crippen LogP contribution in [0.4, 0.5) is 5.69 Å². The topological polar surface area (TPSA) is 49.4 Å². The van der Waals surface area contributed by atoms with Crippen LogP contribution in [0.25, 0.3) is 0 Å². The van der Waals surface area contributed by atoms with Crippen molar-refractivity contribution in [3.63, 3.8) is 0 Å². The number of para-hydroxylation sites is 1. The quantitative estimate of drug-likeness (QED) is 0.874. The molecule has 108 valence electrons. The van der Waals surface area contributed by atoms with Crippen LogP contribution < -0.4 is 5.32 Å². The Morgan fingerprint density at radius 3 is 2.32 bits per heavy atom. The van der Waals surface area contributed by atoms with Crippen molar-refractivity contribution in [3.05, 3.63) is 24.3 Å². The van der Waals surface area contributed by atoms with Gasteiger partial charge in [0.1, 0.15) is 4.90 Å². The third kappa shape index (κ3) is 3.94. The molecule has 1 aromatic rings. The lowest BCUT2D eigenvalue weighted by Crippen LogP contribution is -2.32. The number of nitrogens with zero attached hydrogens (tertiary/aromatic N) is 1. The van der Waals surface area contributed by atoms with Crippen molar-refractivity contribution in [2.24, 2.45) is 0 Å². The summed E-state index contributed by atoms with van der Waals surface area (Å²) in [6, 6.07) is 7.04. The van der Waals surface area contributed by atoms with E-state index >= 15 is 0 Å². The zero-order chi connectivity index (χ0) is 14.7. The standard InChI is InChI=1S/C14H24N2O2S/c1-6-11-14(2,3)15-12-9-7-8-10-13(12)19(17,18)16(4)5/h7-10,15H,6,11H2,1-5H3. The minimum atomic E-state index is -3.42. The maximum Gasteiger partial charge on any atom is 0.244 e. The molecule has 1 N–H and O–H groups in total. The SMILES string of the molecule is CCCC(C)(C)Nc1ccccc1S(=O)(=O)N(C)C. The van der Waals surface area contributed by atoms with Gasteiger partial charge in [-0.05, 0) is 32.4 Å². The fourth-order valence-electron chi connectivity index (χ4n) is 2.04. The second-order valence-electron chi connectivity index (χ2n) is 5.54. The van der Waals surface area contributed by atoms with E-state index in [1.807, 2.05) is 12.1 Å². The molecule has 0 aliphatic carbocycles. The predicted octanol–water partition coefficient (Wildman–Crippen LogP) is 2.93. The van der Waals surface area contributed by atoms with Crippen molar-refractivity contribution < 1.29 is 8.42 Å². The van der Waals surface area contributed by atoms with Gasteiger partial charge in [-0.3, -0.25) is 0 Å². The Kier molecular flexibility index (Phi) is 4.98. The summed E-state index contributed by atoms with van der Waals surface area (Å²) in [5, 5.41) is 3.34. The molecular formula is C14H24N2O2S.